The van der Waals surface area contributed by atoms with Crippen LogP contribution in [0.4, 0.5) is 8.78 Å². The maximum atomic E-state index is 13.5. The van der Waals surface area contributed by atoms with Crippen LogP contribution in [0, 0.1) is 0 Å². The van der Waals surface area contributed by atoms with Gasteiger partial charge in [0.05, 0.1) is 32.3 Å². The van der Waals surface area contributed by atoms with Crippen molar-refractivity contribution in [1.29, 1.82) is 0 Å². The number of hydrogen-bond acceptors (Lipinski definition) is 5. The monoisotopic (exact) mass is 262 g/mol. The summed E-state index contributed by atoms with van der Waals surface area (Å²) < 4.78 is 47.6. The molecule has 0 rings (SSSR count). The SMILES string of the molecule is CCOP(=O)(OCC)C(F)(F)C[C@H](O)CO. The second-order valence-corrected chi connectivity index (χ2v) is 5.20. The van der Waals surface area contributed by atoms with E-state index in [1.807, 2.05) is 0 Å². The number of aliphatic hydroxyl groups is 2. The van der Waals surface area contributed by atoms with Crippen LogP contribution >= 0.6 is 7.60 Å². The highest BCUT2D eigenvalue weighted by Gasteiger charge is 2.54. The molecule has 0 aliphatic carbocycles. The van der Waals surface area contributed by atoms with Crippen LogP contribution in [0.15, 0.2) is 0 Å². The summed E-state index contributed by atoms with van der Waals surface area (Å²) in [5.74, 6) is 0. The largest absolute Gasteiger partial charge is 0.399 e. The molecule has 0 aliphatic heterocycles. The summed E-state index contributed by atoms with van der Waals surface area (Å²) in [4.78, 5) is 0. The van der Waals surface area contributed by atoms with Gasteiger partial charge in [-0.3, -0.25) is 4.57 Å². The second kappa shape index (κ2) is 6.61. The first kappa shape index (κ1) is 15.9. The van der Waals surface area contributed by atoms with E-state index >= 15 is 0 Å². The van der Waals surface area contributed by atoms with E-state index in [0.29, 0.717) is 0 Å². The summed E-state index contributed by atoms with van der Waals surface area (Å²) in [6, 6.07) is 0. The molecular formula is C8H17F2O5P. The average Bonchev–Trinajstić information content (AvgIpc) is 2.17. The molecule has 98 valence electrons. The molecule has 2 N–H and O–H groups in total. The minimum Gasteiger partial charge on any atom is -0.394 e. The van der Waals surface area contributed by atoms with Crippen molar-refractivity contribution in [2.75, 3.05) is 19.8 Å². The van der Waals surface area contributed by atoms with E-state index in [1.165, 1.54) is 13.8 Å². The van der Waals surface area contributed by atoms with Crippen molar-refractivity contribution in [2.24, 2.45) is 0 Å². The van der Waals surface area contributed by atoms with Crippen molar-refractivity contribution in [3.63, 3.8) is 0 Å². The van der Waals surface area contributed by atoms with Gasteiger partial charge in [0.1, 0.15) is 0 Å². The Morgan fingerprint density at radius 3 is 2.06 bits per heavy atom. The molecule has 0 spiro atoms. The van der Waals surface area contributed by atoms with Crippen molar-refractivity contribution in [3.05, 3.63) is 0 Å². The Hall–Kier alpha value is -0.0700. The summed E-state index contributed by atoms with van der Waals surface area (Å²) in [5.41, 5.74) is -3.82. The van der Waals surface area contributed by atoms with Gasteiger partial charge in [0, 0.05) is 0 Å². The van der Waals surface area contributed by atoms with E-state index in [2.05, 4.69) is 9.05 Å². The minimum atomic E-state index is -4.59. The van der Waals surface area contributed by atoms with Crippen LogP contribution in [0.5, 0.6) is 0 Å². The fourth-order valence-electron chi connectivity index (χ4n) is 1.03. The van der Waals surface area contributed by atoms with E-state index in [4.69, 9.17) is 10.2 Å². The molecule has 0 fully saturated rings. The van der Waals surface area contributed by atoms with E-state index in [1.54, 1.807) is 0 Å². The predicted molar refractivity (Wildman–Crippen MR) is 53.5 cm³/mol. The lowest BCUT2D eigenvalue weighted by Crippen LogP contribution is -2.28. The van der Waals surface area contributed by atoms with Crippen LogP contribution in [0.1, 0.15) is 20.3 Å². The molecule has 0 bridgehead atoms. The van der Waals surface area contributed by atoms with E-state index in [9.17, 15) is 13.3 Å². The van der Waals surface area contributed by atoms with Crippen molar-refractivity contribution >= 4 is 7.60 Å². The van der Waals surface area contributed by atoms with Crippen LogP contribution in [0.3, 0.4) is 0 Å². The molecule has 0 amide bonds. The molecule has 0 saturated carbocycles. The van der Waals surface area contributed by atoms with Gasteiger partial charge in [-0.15, -0.1) is 0 Å². The van der Waals surface area contributed by atoms with Gasteiger partial charge in [-0.1, -0.05) is 0 Å². The molecular weight excluding hydrogens is 245 g/mol. The molecule has 0 saturated heterocycles. The number of alkyl halides is 2. The van der Waals surface area contributed by atoms with E-state index in [-0.39, 0.29) is 13.2 Å². The summed E-state index contributed by atoms with van der Waals surface area (Å²) in [6.45, 7) is 1.59. The van der Waals surface area contributed by atoms with Crippen molar-refractivity contribution in [1.82, 2.24) is 0 Å². The Morgan fingerprint density at radius 2 is 1.75 bits per heavy atom. The number of rotatable bonds is 8. The van der Waals surface area contributed by atoms with Crippen molar-refractivity contribution in [2.45, 2.75) is 32.0 Å². The fourth-order valence-corrected chi connectivity index (χ4v) is 2.59. The minimum absolute atomic E-state index is 0.192. The smallest absolute Gasteiger partial charge is 0.394 e. The molecule has 0 radical (unpaired) electrons. The Bertz CT molecular complexity index is 239. The van der Waals surface area contributed by atoms with E-state index in [0.717, 1.165) is 0 Å². The molecule has 1 atom stereocenters. The lowest BCUT2D eigenvalue weighted by Gasteiger charge is -2.26. The molecule has 5 nitrogen and oxygen atoms in total. The zero-order valence-corrected chi connectivity index (χ0v) is 10.1. The average molecular weight is 262 g/mol. The van der Waals surface area contributed by atoms with Gasteiger partial charge in [0.15, 0.2) is 0 Å². The van der Waals surface area contributed by atoms with Gasteiger partial charge in [0.25, 0.3) is 0 Å². The third-order valence-electron chi connectivity index (χ3n) is 1.69. The zero-order valence-electron chi connectivity index (χ0n) is 9.23. The third-order valence-corrected chi connectivity index (χ3v) is 3.87. The molecule has 0 aromatic heterocycles. The first-order chi connectivity index (χ1) is 7.33. The number of aliphatic hydroxyl groups excluding tert-OH is 2. The number of halogens is 2. The summed E-state index contributed by atoms with van der Waals surface area (Å²) in [5, 5.41) is 17.4. The molecule has 0 aliphatic rings. The van der Waals surface area contributed by atoms with Gasteiger partial charge >= 0.3 is 13.3 Å². The molecule has 0 aromatic rings. The number of hydrogen-bond donors (Lipinski definition) is 2. The van der Waals surface area contributed by atoms with Crippen LogP contribution < -0.4 is 0 Å². The normalized spacial score (nSPS) is 15.1. The molecule has 16 heavy (non-hydrogen) atoms. The first-order valence-corrected chi connectivity index (χ1v) is 6.43. The van der Waals surface area contributed by atoms with Crippen molar-refractivity contribution < 1.29 is 32.6 Å². The second-order valence-electron chi connectivity index (χ2n) is 3.04. The van der Waals surface area contributed by atoms with Gasteiger partial charge in [-0.2, -0.15) is 8.78 Å². The molecule has 0 aromatic carbocycles. The molecule has 0 unspecified atom stereocenters. The Balaban J connectivity index is 4.81. The highest BCUT2D eigenvalue weighted by Crippen LogP contribution is 2.63. The summed E-state index contributed by atoms with van der Waals surface area (Å²) in [6.07, 6.45) is -2.83. The Kier molecular flexibility index (Phi) is 6.58. The topological polar surface area (TPSA) is 76.0 Å². The van der Waals surface area contributed by atoms with Gasteiger partial charge < -0.3 is 19.3 Å². The fraction of sp³-hybridized carbons (Fsp3) is 1.00. The van der Waals surface area contributed by atoms with Gasteiger partial charge in [-0.25, -0.2) is 0 Å². The maximum absolute atomic E-state index is 13.5. The van der Waals surface area contributed by atoms with Gasteiger partial charge in [0.2, 0.25) is 0 Å². The molecule has 8 heteroatoms. The van der Waals surface area contributed by atoms with Crippen molar-refractivity contribution in [3.8, 4) is 0 Å². The Labute approximate surface area is 92.9 Å². The lowest BCUT2D eigenvalue weighted by molar-refractivity contribution is -0.0212. The maximum Gasteiger partial charge on any atom is 0.399 e. The summed E-state index contributed by atoms with van der Waals surface area (Å²) in [7, 11) is -4.59. The standard InChI is InChI=1S/C8H17F2O5P/c1-3-14-16(13,15-4-2)8(9,10)5-7(12)6-11/h7,11-12H,3-6H2,1-2H3/t7-/m0/s1. The molecule has 0 heterocycles. The third kappa shape index (κ3) is 4.07. The predicted octanol–water partition coefficient (Wildman–Crippen LogP) is 1.59. The van der Waals surface area contributed by atoms with Gasteiger partial charge in [-0.05, 0) is 13.8 Å². The zero-order chi connectivity index (χ0) is 12.8. The highest BCUT2D eigenvalue weighted by atomic mass is 31.2. The summed E-state index contributed by atoms with van der Waals surface area (Å²) >= 11 is 0. The lowest BCUT2D eigenvalue weighted by atomic mass is 10.3. The van der Waals surface area contributed by atoms with Crippen LogP contribution in [-0.2, 0) is 13.6 Å². The van der Waals surface area contributed by atoms with E-state index < -0.39 is 32.4 Å². The van der Waals surface area contributed by atoms with Crippen LogP contribution in [0.2, 0.25) is 0 Å². The highest BCUT2D eigenvalue weighted by molar-refractivity contribution is 7.55. The quantitative estimate of drug-likeness (QED) is 0.649. The van der Waals surface area contributed by atoms with Crippen LogP contribution in [-0.4, -0.2) is 41.8 Å². The first-order valence-electron chi connectivity index (χ1n) is 4.89. The van der Waals surface area contributed by atoms with Crippen LogP contribution in [0.25, 0.3) is 0 Å². The Morgan fingerprint density at radius 1 is 1.31 bits per heavy atom.